The standard InChI is InChI=1S/C21H27O3P/c1-13-11-15(20(2,3)4)18(16(12-13)21(5,6)7)14-9-8-10-17-19(14)24-25(22)23-17/h8-12,22H,1-7H3. The molecule has 25 heavy (non-hydrogen) atoms. The lowest BCUT2D eigenvalue weighted by Crippen LogP contribution is -2.19. The minimum atomic E-state index is -1.88. The highest BCUT2D eigenvalue weighted by molar-refractivity contribution is 7.41. The van der Waals surface area contributed by atoms with Gasteiger partial charge in [0.05, 0.1) is 0 Å². The van der Waals surface area contributed by atoms with Crippen molar-refractivity contribution in [3.05, 3.63) is 47.0 Å². The molecule has 1 N–H and O–H groups in total. The minimum absolute atomic E-state index is 0.0203. The Bertz CT molecular complexity index is 778. The Morgan fingerprint density at radius 1 is 0.880 bits per heavy atom. The van der Waals surface area contributed by atoms with E-state index >= 15 is 0 Å². The van der Waals surface area contributed by atoms with E-state index in [1.165, 1.54) is 22.3 Å². The first kappa shape index (κ1) is 18.2. The largest absolute Gasteiger partial charge is 0.460 e. The van der Waals surface area contributed by atoms with Crippen LogP contribution in [0.5, 0.6) is 11.5 Å². The molecule has 0 radical (unpaired) electrons. The Hall–Kier alpha value is -1.57. The zero-order chi connectivity index (χ0) is 18.6. The molecule has 0 bridgehead atoms. The molecule has 134 valence electrons. The molecular weight excluding hydrogens is 331 g/mol. The number of hydrogen-bond acceptors (Lipinski definition) is 3. The summed E-state index contributed by atoms with van der Waals surface area (Å²) in [6, 6.07) is 10.4. The van der Waals surface area contributed by atoms with Crippen LogP contribution < -0.4 is 9.05 Å². The lowest BCUT2D eigenvalue weighted by atomic mass is 9.73. The predicted octanol–water partition coefficient (Wildman–Crippen LogP) is 6.25. The molecule has 0 fully saturated rings. The van der Waals surface area contributed by atoms with Crippen molar-refractivity contribution in [2.75, 3.05) is 0 Å². The summed E-state index contributed by atoms with van der Waals surface area (Å²) in [7, 11) is -1.88. The van der Waals surface area contributed by atoms with E-state index < -0.39 is 8.60 Å². The fraction of sp³-hybridized carbons (Fsp3) is 0.429. The molecule has 0 spiro atoms. The summed E-state index contributed by atoms with van der Waals surface area (Å²) >= 11 is 0. The zero-order valence-corrected chi connectivity index (χ0v) is 17.0. The maximum atomic E-state index is 9.84. The van der Waals surface area contributed by atoms with Gasteiger partial charge in [0.1, 0.15) is 0 Å². The Balaban J connectivity index is 2.39. The van der Waals surface area contributed by atoms with E-state index in [0.29, 0.717) is 11.5 Å². The summed E-state index contributed by atoms with van der Waals surface area (Å²) in [5, 5.41) is 0. The summed E-state index contributed by atoms with van der Waals surface area (Å²) in [5.41, 5.74) is 5.96. The molecule has 2 aromatic rings. The average Bonchev–Trinajstić information content (AvgIpc) is 2.84. The molecule has 1 aliphatic rings. The first-order valence-corrected chi connectivity index (χ1v) is 9.75. The third kappa shape index (κ3) is 3.41. The first-order valence-electron chi connectivity index (χ1n) is 8.62. The topological polar surface area (TPSA) is 38.7 Å². The second kappa shape index (κ2) is 6.00. The van der Waals surface area contributed by atoms with Crippen molar-refractivity contribution in [3.8, 4) is 22.6 Å². The van der Waals surface area contributed by atoms with Gasteiger partial charge in [0.2, 0.25) is 0 Å². The summed E-state index contributed by atoms with van der Waals surface area (Å²) in [6.07, 6.45) is 0. The molecule has 1 unspecified atom stereocenters. The number of para-hydroxylation sites is 1. The summed E-state index contributed by atoms with van der Waals surface area (Å²) in [5.74, 6) is 1.27. The van der Waals surface area contributed by atoms with Gasteiger partial charge in [-0.25, -0.2) is 0 Å². The van der Waals surface area contributed by atoms with Gasteiger partial charge in [-0.05, 0) is 40.5 Å². The van der Waals surface area contributed by atoms with Gasteiger partial charge in [0.25, 0.3) is 0 Å². The zero-order valence-electron chi connectivity index (χ0n) is 16.1. The maximum absolute atomic E-state index is 9.84. The van der Waals surface area contributed by atoms with Crippen LogP contribution in [0.1, 0.15) is 58.2 Å². The molecule has 0 saturated heterocycles. The highest BCUT2D eigenvalue weighted by Crippen LogP contribution is 2.55. The normalized spacial score (nSPS) is 17.0. The van der Waals surface area contributed by atoms with Gasteiger partial charge in [0, 0.05) is 5.56 Å². The minimum Gasteiger partial charge on any atom is -0.414 e. The highest BCUT2D eigenvalue weighted by atomic mass is 31.2. The van der Waals surface area contributed by atoms with E-state index in [4.69, 9.17) is 9.05 Å². The van der Waals surface area contributed by atoms with Crippen LogP contribution in [0.15, 0.2) is 30.3 Å². The molecule has 0 amide bonds. The SMILES string of the molecule is Cc1cc(C(C)(C)C)c(-c2cccc3c2OP(O)O3)c(C(C)(C)C)c1. The predicted molar refractivity (Wildman–Crippen MR) is 104 cm³/mol. The van der Waals surface area contributed by atoms with E-state index in [9.17, 15) is 4.89 Å². The van der Waals surface area contributed by atoms with Gasteiger partial charge in [-0.2, -0.15) is 0 Å². The second-order valence-electron chi connectivity index (χ2n) is 8.79. The number of aryl methyl sites for hydroxylation is 1. The average molecular weight is 358 g/mol. The molecule has 1 atom stereocenters. The van der Waals surface area contributed by atoms with Crippen molar-refractivity contribution < 1.29 is 13.9 Å². The highest BCUT2D eigenvalue weighted by Gasteiger charge is 2.33. The van der Waals surface area contributed by atoms with Gasteiger partial charge in [0.15, 0.2) is 11.5 Å². The van der Waals surface area contributed by atoms with Gasteiger partial charge in [-0.3, -0.25) is 0 Å². The van der Waals surface area contributed by atoms with Crippen molar-refractivity contribution in [1.82, 2.24) is 0 Å². The van der Waals surface area contributed by atoms with Crippen LogP contribution in [-0.4, -0.2) is 4.89 Å². The van der Waals surface area contributed by atoms with Crippen molar-refractivity contribution in [1.29, 1.82) is 0 Å². The number of hydrogen-bond donors (Lipinski definition) is 1. The summed E-state index contributed by atoms with van der Waals surface area (Å²) in [4.78, 5) is 9.84. The fourth-order valence-electron chi connectivity index (χ4n) is 3.32. The van der Waals surface area contributed by atoms with E-state index in [-0.39, 0.29) is 10.8 Å². The lowest BCUT2D eigenvalue weighted by molar-refractivity contribution is 0.429. The number of rotatable bonds is 1. The van der Waals surface area contributed by atoms with Crippen LogP contribution >= 0.6 is 8.60 Å². The lowest BCUT2D eigenvalue weighted by Gasteiger charge is -2.31. The Labute approximate surface area is 152 Å². The van der Waals surface area contributed by atoms with Gasteiger partial charge in [-0.1, -0.05) is 71.4 Å². The van der Waals surface area contributed by atoms with Crippen LogP contribution in [-0.2, 0) is 10.8 Å². The van der Waals surface area contributed by atoms with E-state index in [0.717, 1.165) is 5.56 Å². The Morgan fingerprint density at radius 2 is 1.44 bits per heavy atom. The second-order valence-corrected chi connectivity index (χ2v) is 9.63. The quantitative estimate of drug-likeness (QED) is 0.613. The monoisotopic (exact) mass is 358 g/mol. The van der Waals surface area contributed by atoms with Gasteiger partial charge >= 0.3 is 8.60 Å². The fourth-order valence-corrected chi connectivity index (χ4v) is 4.01. The van der Waals surface area contributed by atoms with Crippen molar-refractivity contribution in [2.45, 2.75) is 59.3 Å². The van der Waals surface area contributed by atoms with Gasteiger partial charge in [-0.15, -0.1) is 0 Å². The Kier molecular flexibility index (Phi) is 4.38. The third-order valence-corrected chi connectivity index (χ3v) is 5.18. The van der Waals surface area contributed by atoms with Crippen molar-refractivity contribution in [2.24, 2.45) is 0 Å². The molecular formula is C21H27O3P. The molecule has 4 heteroatoms. The van der Waals surface area contributed by atoms with Crippen LogP contribution in [0.2, 0.25) is 0 Å². The van der Waals surface area contributed by atoms with Gasteiger partial charge < -0.3 is 13.9 Å². The molecule has 3 nitrogen and oxygen atoms in total. The van der Waals surface area contributed by atoms with E-state index in [1.807, 2.05) is 12.1 Å². The molecule has 1 aliphatic heterocycles. The molecule has 1 heterocycles. The van der Waals surface area contributed by atoms with E-state index in [2.05, 4.69) is 66.7 Å². The molecule has 2 aromatic carbocycles. The van der Waals surface area contributed by atoms with E-state index in [1.54, 1.807) is 0 Å². The summed E-state index contributed by atoms with van der Waals surface area (Å²) in [6.45, 7) is 15.5. The third-order valence-electron chi connectivity index (χ3n) is 4.49. The molecule has 3 rings (SSSR count). The van der Waals surface area contributed by atoms with Crippen molar-refractivity contribution >= 4 is 8.60 Å². The number of fused-ring (bicyclic) bond motifs is 1. The van der Waals surface area contributed by atoms with Crippen LogP contribution in [0.25, 0.3) is 11.1 Å². The van der Waals surface area contributed by atoms with Crippen molar-refractivity contribution in [3.63, 3.8) is 0 Å². The molecule has 0 saturated carbocycles. The van der Waals surface area contributed by atoms with Crippen LogP contribution in [0.4, 0.5) is 0 Å². The molecule has 0 aromatic heterocycles. The summed E-state index contributed by atoms with van der Waals surface area (Å²) < 4.78 is 11.1. The van der Waals surface area contributed by atoms with Crippen LogP contribution in [0.3, 0.4) is 0 Å². The Morgan fingerprint density at radius 3 is 1.96 bits per heavy atom. The first-order chi connectivity index (χ1) is 11.5. The maximum Gasteiger partial charge on any atom is 0.460 e. The molecule has 0 aliphatic carbocycles. The number of benzene rings is 2. The smallest absolute Gasteiger partial charge is 0.414 e. The van der Waals surface area contributed by atoms with Crippen LogP contribution in [0, 0.1) is 6.92 Å².